The highest BCUT2D eigenvalue weighted by atomic mass is 79.9. The molecule has 0 aliphatic carbocycles. The van der Waals surface area contributed by atoms with Gasteiger partial charge in [-0.25, -0.2) is 4.79 Å². The van der Waals surface area contributed by atoms with E-state index in [0.717, 1.165) is 10.0 Å². The SMILES string of the molecule is CCN(CCNCc1cc(Cl)ccc1Br)C(=O)OC(C)(C)C. The van der Waals surface area contributed by atoms with Crippen LogP contribution in [0.25, 0.3) is 0 Å². The lowest BCUT2D eigenvalue weighted by Gasteiger charge is -2.26. The molecule has 22 heavy (non-hydrogen) atoms. The number of amides is 1. The first kappa shape index (κ1) is 19.3. The third kappa shape index (κ3) is 6.99. The van der Waals surface area contributed by atoms with Gasteiger partial charge >= 0.3 is 6.09 Å². The van der Waals surface area contributed by atoms with Crippen LogP contribution in [-0.2, 0) is 11.3 Å². The molecule has 0 bridgehead atoms. The van der Waals surface area contributed by atoms with E-state index in [1.807, 2.05) is 45.9 Å². The molecular weight excluding hydrogens is 368 g/mol. The Morgan fingerprint density at radius 1 is 1.41 bits per heavy atom. The predicted molar refractivity (Wildman–Crippen MR) is 94.3 cm³/mol. The predicted octanol–water partition coefficient (Wildman–Crippen LogP) is 4.45. The van der Waals surface area contributed by atoms with Crippen molar-refractivity contribution in [3.8, 4) is 0 Å². The van der Waals surface area contributed by atoms with Gasteiger partial charge in [0, 0.05) is 35.7 Å². The first-order chi connectivity index (χ1) is 10.2. The first-order valence-corrected chi connectivity index (χ1v) is 8.52. The Morgan fingerprint density at radius 2 is 2.09 bits per heavy atom. The van der Waals surface area contributed by atoms with Crippen LogP contribution in [0.4, 0.5) is 4.79 Å². The second kappa shape index (κ2) is 8.75. The number of ether oxygens (including phenoxy) is 1. The molecule has 0 aromatic heterocycles. The van der Waals surface area contributed by atoms with E-state index in [1.54, 1.807) is 4.90 Å². The number of carbonyl (C=O) groups is 1. The Balaban J connectivity index is 2.41. The molecule has 0 unspecified atom stereocenters. The van der Waals surface area contributed by atoms with Gasteiger partial charge in [-0.2, -0.15) is 0 Å². The highest BCUT2D eigenvalue weighted by Crippen LogP contribution is 2.20. The third-order valence-electron chi connectivity index (χ3n) is 2.92. The van der Waals surface area contributed by atoms with Crippen LogP contribution >= 0.6 is 27.5 Å². The lowest BCUT2D eigenvalue weighted by atomic mass is 10.2. The van der Waals surface area contributed by atoms with Crippen LogP contribution in [0.1, 0.15) is 33.3 Å². The van der Waals surface area contributed by atoms with Crippen molar-refractivity contribution in [1.82, 2.24) is 10.2 Å². The monoisotopic (exact) mass is 390 g/mol. The van der Waals surface area contributed by atoms with Crippen molar-refractivity contribution in [2.75, 3.05) is 19.6 Å². The molecule has 0 atom stereocenters. The van der Waals surface area contributed by atoms with E-state index >= 15 is 0 Å². The molecule has 0 aliphatic rings. The quantitative estimate of drug-likeness (QED) is 0.728. The summed E-state index contributed by atoms with van der Waals surface area (Å²) in [5.41, 5.74) is 0.622. The Hall–Kier alpha value is -0.780. The van der Waals surface area contributed by atoms with E-state index in [9.17, 15) is 4.79 Å². The summed E-state index contributed by atoms with van der Waals surface area (Å²) >= 11 is 9.49. The van der Waals surface area contributed by atoms with Gasteiger partial charge in [0.15, 0.2) is 0 Å². The zero-order valence-electron chi connectivity index (χ0n) is 13.6. The molecule has 1 amide bonds. The average Bonchev–Trinajstić information content (AvgIpc) is 2.40. The number of halogens is 2. The number of hydrogen-bond donors (Lipinski definition) is 1. The standard InChI is InChI=1S/C16H24BrClN2O2/c1-5-20(15(21)22-16(2,3)4)9-8-19-11-12-10-13(18)6-7-14(12)17/h6-7,10,19H,5,8-9,11H2,1-4H3. The van der Waals surface area contributed by atoms with Gasteiger partial charge in [-0.05, 0) is 51.5 Å². The van der Waals surface area contributed by atoms with Gasteiger partial charge in [0.05, 0.1) is 0 Å². The molecule has 1 N–H and O–H groups in total. The van der Waals surface area contributed by atoms with E-state index in [-0.39, 0.29) is 6.09 Å². The molecule has 0 saturated carbocycles. The summed E-state index contributed by atoms with van der Waals surface area (Å²) in [7, 11) is 0. The van der Waals surface area contributed by atoms with E-state index in [1.165, 1.54) is 0 Å². The number of nitrogens with one attached hydrogen (secondary N) is 1. The van der Waals surface area contributed by atoms with Gasteiger partial charge in [0.1, 0.15) is 5.60 Å². The highest BCUT2D eigenvalue weighted by molar-refractivity contribution is 9.10. The molecule has 0 spiro atoms. The lowest BCUT2D eigenvalue weighted by molar-refractivity contribution is 0.0262. The van der Waals surface area contributed by atoms with Crippen molar-refractivity contribution in [3.05, 3.63) is 33.3 Å². The maximum Gasteiger partial charge on any atom is 0.410 e. The van der Waals surface area contributed by atoms with Crippen molar-refractivity contribution in [1.29, 1.82) is 0 Å². The first-order valence-electron chi connectivity index (χ1n) is 7.35. The number of nitrogens with zero attached hydrogens (tertiary/aromatic N) is 1. The summed E-state index contributed by atoms with van der Waals surface area (Å²) in [6.45, 7) is 10.1. The number of carbonyl (C=O) groups excluding carboxylic acids is 1. The molecule has 0 radical (unpaired) electrons. The maximum atomic E-state index is 12.0. The van der Waals surface area contributed by atoms with Crippen molar-refractivity contribution in [2.45, 2.75) is 39.8 Å². The third-order valence-corrected chi connectivity index (χ3v) is 3.92. The van der Waals surface area contributed by atoms with Crippen LogP contribution in [0, 0.1) is 0 Å². The fourth-order valence-electron chi connectivity index (χ4n) is 1.82. The minimum absolute atomic E-state index is 0.277. The molecule has 0 fully saturated rings. The summed E-state index contributed by atoms with van der Waals surface area (Å²) in [5.74, 6) is 0. The van der Waals surface area contributed by atoms with Gasteiger partial charge in [-0.1, -0.05) is 27.5 Å². The van der Waals surface area contributed by atoms with Crippen molar-refractivity contribution in [3.63, 3.8) is 0 Å². The zero-order valence-corrected chi connectivity index (χ0v) is 15.9. The maximum absolute atomic E-state index is 12.0. The number of rotatable bonds is 6. The Labute approximate surface area is 146 Å². The molecule has 0 saturated heterocycles. The van der Waals surface area contributed by atoms with E-state index in [4.69, 9.17) is 16.3 Å². The van der Waals surface area contributed by atoms with Crippen LogP contribution in [0.15, 0.2) is 22.7 Å². The van der Waals surface area contributed by atoms with Gasteiger partial charge in [-0.15, -0.1) is 0 Å². The molecular formula is C16H24BrClN2O2. The highest BCUT2D eigenvalue weighted by Gasteiger charge is 2.20. The lowest BCUT2D eigenvalue weighted by Crippen LogP contribution is -2.40. The summed E-state index contributed by atoms with van der Waals surface area (Å²) in [5, 5.41) is 4.03. The Morgan fingerprint density at radius 3 is 2.68 bits per heavy atom. The fourth-order valence-corrected chi connectivity index (χ4v) is 2.40. The minimum Gasteiger partial charge on any atom is -0.444 e. The molecule has 4 nitrogen and oxygen atoms in total. The van der Waals surface area contributed by atoms with Crippen LogP contribution in [0.2, 0.25) is 5.02 Å². The normalized spacial score (nSPS) is 11.4. The van der Waals surface area contributed by atoms with Gasteiger partial charge in [0.2, 0.25) is 0 Å². The van der Waals surface area contributed by atoms with Crippen LogP contribution in [0.5, 0.6) is 0 Å². The molecule has 124 valence electrons. The van der Waals surface area contributed by atoms with Gasteiger partial charge in [0.25, 0.3) is 0 Å². The second-order valence-corrected chi connectivity index (χ2v) is 7.26. The Bertz CT molecular complexity index is 503. The molecule has 1 aromatic carbocycles. The summed E-state index contributed by atoms with van der Waals surface area (Å²) in [6.07, 6.45) is -0.277. The smallest absolute Gasteiger partial charge is 0.410 e. The minimum atomic E-state index is -0.469. The number of likely N-dealkylation sites (N-methyl/N-ethyl adjacent to an activating group) is 1. The topological polar surface area (TPSA) is 41.6 Å². The fraction of sp³-hybridized carbons (Fsp3) is 0.562. The summed E-state index contributed by atoms with van der Waals surface area (Å²) in [4.78, 5) is 13.7. The molecule has 0 heterocycles. The molecule has 1 aromatic rings. The zero-order chi connectivity index (χ0) is 16.8. The van der Waals surface area contributed by atoms with Crippen molar-refractivity contribution >= 4 is 33.6 Å². The van der Waals surface area contributed by atoms with Crippen LogP contribution < -0.4 is 5.32 Å². The number of hydrogen-bond acceptors (Lipinski definition) is 3. The average molecular weight is 392 g/mol. The Kier molecular flexibility index (Phi) is 7.66. The van der Waals surface area contributed by atoms with E-state index in [2.05, 4.69) is 21.2 Å². The van der Waals surface area contributed by atoms with Crippen molar-refractivity contribution in [2.24, 2.45) is 0 Å². The van der Waals surface area contributed by atoms with E-state index < -0.39 is 5.60 Å². The molecule has 1 rings (SSSR count). The second-order valence-electron chi connectivity index (χ2n) is 5.97. The molecule has 6 heteroatoms. The summed E-state index contributed by atoms with van der Waals surface area (Å²) in [6, 6.07) is 5.69. The van der Waals surface area contributed by atoms with Crippen LogP contribution in [-0.4, -0.2) is 36.2 Å². The summed E-state index contributed by atoms with van der Waals surface area (Å²) < 4.78 is 6.39. The number of benzene rings is 1. The van der Waals surface area contributed by atoms with Crippen molar-refractivity contribution < 1.29 is 9.53 Å². The van der Waals surface area contributed by atoms with E-state index in [0.29, 0.717) is 31.2 Å². The van der Waals surface area contributed by atoms with Gasteiger partial charge < -0.3 is 15.0 Å². The largest absolute Gasteiger partial charge is 0.444 e. The van der Waals surface area contributed by atoms with Gasteiger partial charge in [-0.3, -0.25) is 0 Å². The molecule has 0 aliphatic heterocycles. The van der Waals surface area contributed by atoms with Crippen LogP contribution in [0.3, 0.4) is 0 Å².